The van der Waals surface area contributed by atoms with E-state index < -0.39 is 0 Å². The lowest BCUT2D eigenvalue weighted by atomic mass is 10.1. The molecule has 0 fully saturated rings. The summed E-state index contributed by atoms with van der Waals surface area (Å²) in [6.45, 7) is 1.91. The van der Waals surface area contributed by atoms with Crippen LogP contribution < -0.4 is 10.2 Å². The number of fused-ring (bicyclic) bond motifs is 3. The number of nitrogens with one attached hydrogen (secondary N) is 1. The van der Waals surface area contributed by atoms with Gasteiger partial charge in [-0.3, -0.25) is 9.59 Å². The zero-order chi connectivity index (χ0) is 25.2. The average molecular weight is 506 g/mol. The second-order valence-electron chi connectivity index (χ2n) is 9.23. The maximum Gasteiger partial charge on any atom is 0.251 e. The molecule has 184 valence electrons. The molecule has 5 aromatic rings. The van der Waals surface area contributed by atoms with Crippen molar-refractivity contribution in [2.45, 2.75) is 17.9 Å². The van der Waals surface area contributed by atoms with E-state index in [4.69, 9.17) is 0 Å². The van der Waals surface area contributed by atoms with Crippen molar-refractivity contribution in [3.63, 3.8) is 0 Å². The summed E-state index contributed by atoms with van der Waals surface area (Å²) in [6.07, 6.45) is 3.01. The van der Waals surface area contributed by atoms with Gasteiger partial charge in [-0.25, -0.2) is 0 Å². The normalized spacial score (nSPS) is 12.7. The Kier molecular flexibility index (Phi) is 6.41. The van der Waals surface area contributed by atoms with E-state index in [1.54, 1.807) is 11.8 Å². The monoisotopic (exact) mass is 505 g/mol. The molecule has 2 heterocycles. The molecule has 0 saturated heterocycles. The highest BCUT2D eigenvalue weighted by atomic mass is 32.2. The minimum atomic E-state index is -0.0756. The van der Waals surface area contributed by atoms with Gasteiger partial charge in [0.1, 0.15) is 0 Å². The Morgan fingerprint density at radius 1 is 0.865 bits per heavy atom. The van der Waals surface area contributed by atoms with Gasteiger partial charge in [-0.2, -0.15) is 0 Å². The third-order valence-corrected chi connectivity index (χ3v) is 7.97. The Balaban J connectivity index is 1.11. The van der Waals surface area contributed by atoms with Crippen molar-refractivity contribution in [3.05, 3.63) is 108 Å². The van der Waals surface area contributed by atoms with Gasteiger partial charge in [0.25, 0.3) is 5.91 Å². The van der Waals surface area contributed by atoms with Crippen LogP contribution in [0.3, 0.4) is 0 Å². The quantitative estimate of drug-likeness (QED) is 0.280. The standard InChI is InChI=1S/C31H27N3O2S/c35-30(34-17-15-23-8-3-5-11-27(23)34)21-37-29-20-33(28-12-6-4-10-26(28)29)18-16-32-31(36)25-14-13-22-7-1-2-9-24(22)19-25/h1-14,19-20H,15-18,21H2,(H,32,36). The van der Waals surface area contributed by atoms with Crippen LogP contribution >= 0.6 is 11.8 Å². The summed E-state index contributed by atoms with van der Waals surface area (Å²) >= 11 is 1.58. The largest absolute Gasteiger partial charge is 0.350 e. The molecule has 1 aliphatic rings. The lowest BCUT2D eigenvalue weighted by Crippen LogP contribution is -2.30. The van der Waals surface area contributed by atoms with Crippen molar-refractivity contribution in [2.24, 2.45) is 0 Å². The maximum absolute atomic E-state index is 13.0. The molecular weight excluding hydrogens is 478 g/mol. The first-order valence-corrected chi connectivity index (χ1v) is 13.5. The van der Waals surface area contributed by atoms with Gasteiger partial charge >= 0.3 is 0 Å². The van der Waals surface area contributed by atoms with E-state index in [0.29, 0.717) is 24.4 Å². The molecule has 4 aromatic carbocycles. The molecule has 37 heavy (non-hydrogen) atoms. The first-order chi connectivity index (χ1) is 18.2. The van der Waals surface area contributed by atoms with Gasteiger partial charge in [-0.15, -0.1) is 11.8 Å². The number of thioether (sulfide) groups is 1. The third kappa shape index (κ3) is 4.72. The fraction of sp³-hybridized carbons (Fsp3) is 0.161. The number of rotatable bonds is 7. The topological polar surface area (TPSA) is 54.3 Å². The molecule has 1 aromatic heterocycles. The molecule has 0 aliphatic carbocycles. The Hall–Kier alpha value is -4.03. The highest BCUT2D eigenvalue weighted by molar-refractivity contribution is 8.00. The molecule has 1 aliphatic heterocycles. The summed E-state index contributed by atoms with van der Waals surface area (Å²) in [6, 6.07) is 30.2. The van der Waals surface area contributed by atoms with Crippen LogP contribution in [0.5, 0.6) is 0 Å². The van der Waals surface area contributed by atoms with E-state index in [9.17, 15) is 9.59 Å². The average Bonchev–Trinajstić information content (AvgIpc) is 3.53. The van der Waals surface area contributed by atoms with Gasteiger partial charge in [-0.05, 0) is 47.0 Å². The Morgan fingerprint density at radius 2 is 1.65 bits per heavy atom. The van der Waals surface area contributed by atoms with E-state index in [2.05, 4.69) is 34.3 Å². The van der Waals surface area contributed by atoms with Gasteiger partial charge in [0.15, 0.2) is 0 Å². The predicted molar refractivity (Wildman–Crippen MR) is 151 cm³/mol. The van der Waals surface area contributed by atoms with Crippen LogP contribution in [0.2, 0.25) is 0 Å². The van der Waals surface area contributed by atoms with Gasteiger partial charge in [0, 0.05) is 52.9 Å². The lowest BCUT2D eigenvalue weighted by molar-refractivity contribution is -0.116. The summed E-state index contributed by atoms with van der Waals surface area (Å²) in [5, 5.41) is 6.36. The van der Waals surface area contributed by atoms with Crippen molar-refractivity contribution in [2.75, 3.05) is 23.7 Å². The summed E-state index contributed by atoms with van der Waals surface area (Å²) in [5.74, 6) is 0.448. The highest BCUT2D eigenvalue weighted by Gasteiger charge is 2.24. The summed E-state index contributed by atoms with van der Waals surface area (Å²) < 4.78 is 2.16. The van der Waals surface area contributed by atoms with E-state index in [1.165, 1.54) is 5.56 Å². The highest BCUT2D eigenvalue weighted by Crippen LogP contribution is 2.32. The zero-order valence-corrected chi connectivity index (χ0v) is 21.2. The number of benzene rings is 4. The molecule has 0 bridgehead atoms. The molecule has 1 N–H and O–H groups in total. The van der Waals surface area contributed by atoms with E-state index in [-0.39, 0.29) is 11.8 Å². The van der Waals surface area contributed by atoms with Crippen molar-refractivity contribution < 1.29 is 9.59 Å². The fourth-order valence-corrected chi connectivity index (χ4v) is 6.02. The molecule has 0 unspecified atom stereocenters. The van der Waals surface area contributed by atoms with Crippen LogP contribution in [0.25, 0.3) is 21.7 Å². The Bertz CT molecular complexity index is 1620. The number of carbonyl (C=O) groups excluding carboxylic acids is 2. The van der Waals surface area contributed by atoms with Gasteiger partial charge < -0.3 is 14.8 Å². The van der Waals surface area contributed by atoms with E-state index >= 15 is 0 Å². The van der Waals surface area contributed by atoms with Crippen molar-refractivity contribution in [1.82, 2.24) is 9.88 Å². The summed E-state index contributed by atoms with van der Waals surface area (Å²) in [4.78, 5) is 28.8. The molecule has 6 heteroatoms. The first-order valence-electron chi connectivity index (χ1n) is 12.5. The fourth-order valence-electron chi connectivity index (χ4n) is 5.05. The number of anilines is 1. The summed E-state index contributed by atoms with van der Waals surface area (Å²) in [5.41, 5.74) is 4.04. The van der Waals surface area contributed by atoms with Crippen LogP contribution in [-0.2, 0) is 17.8 Å². The number of nitrogens with zero attached hydrogens (tertiary/aromatic N) is 2. The van der Waals surface area contributed by atoms with Crippen molar-refractivity contribution >= 4 is 50.9 Å². The maximum atomic E-state index is 13.0. The second kappa shape index (κ2) is 10.1. The Morgan fingerprint density at radius 3 is 2.57 bits per heavy atom. The third-order valence-electron chi connectivity index (χ3n) is 6.94. The molecule has 0 atom stereocenters. The minimum absolute atomic E-state index is 0.0756. The minimum Gasteiger partial charge on any atom is -0.350 e. The van der Waals surface area contributed by atoms with Crippen LogP contribution in [0.15, 0.2) is 102 Å². The van der Waals surface area contributed by atoms with E-state index in [0.717, 1.165) is 45.2 Å². The number of hydrogen-bond donors (Lipinski definition) is 1. The van der Waals surface area contributed by atoms with Crippen molar-refractivity contribution in [1.29, 1.82) is 0 Å². The molecule has 6 rings (SSSR count). The summed E-state index contributed by atoms with van der Waals surface area (Å²) in [7, 11) is 0. The first kappa shape index (κ1) is 23.4. The molecule has 0 radical (unpaired) electrons. The van der Waals surface area contributed by atoms with Crippen LogP contribution in [0.4, 0.5) is 5.69 Å². The molecule has 2 amide bonds. The number of hydrogen-bond acceptors (Lipinski definition) is 3. The van der Waals surface area contributed by atoms with Crippen LogP contribution in [0.1, 0.15) is 15.9 Å². The molecule has 0 saturated carbocycles. The predicted octanol–water partition coefficient (Wildman–Crippen LogP) is 5.91. The van der Waals surface area contributed by atoms with Crippen LogP contribution in [0, 0.1) is 0 Å². The second-order valence-corrected chi connectivity index (χ2v) is 10.3. The zero-order valence-electron chi connectivity index (χ0n) is 20.4. The lowest BCUT2D eigenvalue weighted by Gasteiger charge is -2.16. The van der Waals surface area contributed by atoms with Crippen molar-refractivity contribution in [3.8, 4) is 0 Å². The molecule has 0 spiro atoms. The smallest absolute Gasteiger partial charge is 0.251 e. The number of aromatic nitrogens is 1. The SMILES string of the molecule is O=C(NCCn1cc(SCC(=O)N2CCc3ccccc32)c2ccccc21)c1ccc2ccccc2c1. The number of para-hydroxylation sites is 2. The van der Waals surface area contributed by atoms with Gasteiger partial charge in [0.05, 0.1) is 5.75 Å². The number of carbonyl (C=O) groups is 2. The molecular formula is C31H27N3O2S. The van der Waals surface area contributed by atoms with Gasteiger partial charge in [-0.1, -0.05) is 66.7 Å². The van der Waals surface area contributed by atoms with Crippen LogP contribution in [-0.4, -0.2) is 35.2 Å². The van der Waals surface area contributed by atoms with E-state index in [1.807, 2.05) is 77.7 Å². The molecule has 5 nitrogen and oxygen atoms in total. The number of amides is 2. The Labute approximate surface area is 220 Å². The van der Waals surface area contributed by atoms with Gasteiger partial charge in [0.2, 0.25) is 5.91 Å².